The third kappa shape index (κ3) is 2.20. The normalized spacial score (nSPS) is 11.2. The molecule has 4 rings (SSSR count). The molecule has 0 atom stereocenters. The number of aromatic nitrogens is 3. The summed E-state index contributed by atoms with van der Waals surface area (Å²) in [5, 5.41) is 10.7. The highest BCUT2D eigenvalue weighted by atomic mass is 32.1. The monoisotopic (exact) mass is 326 g/mol. The van der Waals surface area contributed by atoms with Crippen LogP contribution in [0, 0.1) is 10.1 Å². The maximum atomic E-state index is 10.7. The van der Waals surface area contributed by atoms with Crippen LogP contribution in [-0.4, -0.2) is 26.4 Å². The van der Waals surface area contributed by atoms with Gasteiger partial charge in [-0.05, 0) is 18.2 Å². The summed E-state index contributed by atoms with van der Waals surface area (Å²) in [6, 6.07) is 10.1. The first-order valence-electron chi connectivity index (χ1n) is 6.73. The second-order valence-corrected chi connectivity index (χ2v) is 5.82. The Morgan fingerprint density at radius 1 is 1.17 bits per heavy atom. The highest BCUT2D eigenvalue weighted by Gasteiger charge is 2.13. The van der Waals surface area contributed by atoms with Crippen LogP contribution in [0.4, 0.5) is 5.69 Å². The zero-order valence-electron chi connectivity index (χ0n) is 12.0. The Morgan fingerprint density at radius 3 is 2.65 bits per heavy atom. The molecule has 0 spiro atoms. The number of nitro groups is 1. The number of methoxy groups -OCH3 is 1. The predicted molar refractivity (Wildman–Crippen MR) is 87.0 cm³/mol. The van der Waals surface area contributed by atoms with E-state index in [1.807, 2.05) is 16.7 Å². The van der Waals surface area contributed by atoms with Crippen molar-refractivity contribution in [2.24, 2.45) is 0 Å². The molecule has 0 aliphatic rings. The number of rotatable bonds is 3. The molecular formula is C15H10N4O3S. The van der Waals surface area contributed by atoms with Crippen LogP contribution in [0.3, 0.4) is 0 Å². The van der Waals surface area contributed by atoms with Gasteiger partial charge in [0.1, 0.15) is 4.83 Å². The molecule has 1 aromatic carbocycles. The Bertz CT molecular complexity index is 1040. The van der Waals surface area contributed by atoms with Gasteiger partial charge in [-0.25, -0.2) is 9.97 Å². The Balaban J connectivity index is 1.81. The van der Waals surface area contributed by atoms with E-state index in [9.17, 15) is 10.1 Å². The molecule has 0 unspecified atom stereocenters. The topological polar surface area (TPSA) is 82.6 Å². The van der Waals surface area contributed by atoms with Crippen LogP contribution in [0.5, 0.6) is 5.88 Å². The fourth-order valence-corrected chi connectivity index (χ4v) is 3.35. The summed E-state index contributed by atoms with van der Waals surface area (Å²) in [6.45, 7) is 0. The summed E-state index contributed by atoms with van der Waals surface area (Å²) in [6.07, 6.45) is 1.91. The van der Waals surface area contributed by atoms with E-state index in [-0.39, 0.29) is 5.69 Å². The summed E-state index contributed by atoms with van der Waals surface area (Å²) >= 11 is 1.47. The zero-order chi connectivity index (χ0) is 16.0. The average molecular weight is 326 g/mol. The van der Waals surface area contributed by atoms with Gasteiger partial charge in [-0.2, -0.15) is 0 Å². The lowest BCUT2D eigenvalue weighted by Crippen LogP contribution is -1.87. The molecule has 0 aliphatic heterocycles. The van der Waals surface area contributed by atoms with Crippen LogP contribution < -0.4 is 4.74 Å². The van der Waals surface area contributed by atoms with Gasteiger partial charge in [0.25, 0.3) is 5.69 Å². The first-order valence-corrected chi connectivity index (χ1v) is 7.55. The fourth-order valence-electron chi connectivity index (χ4n) is 2.38. The summed E-state index contributed by atoms with van der Waals surface area (Å²) < 4.78 is 7.09. The molecule has 4 aromatic rings. The molecule has 8 heteroatoms. The zero-order valence-corrected chi connectivity index (χ0v) is 12.8. The molecule has 23 heavy (non-hydrogen) atoms. The van der Waals surface area contributed by atoms with Crippen molar-refractivity contribution < 1.29 is 9.66 Å². The maximum absolute atomic E-state index is 10.7. The molecule has 0 saturated heterocycles. The standard InChI is InChI=1S/C15H10N4O3S/c1-22-13-7-6-12-14(17-13)23-15-16-11(8-18(12)15)9-2-4-10(5-3-9)19(20)21/h2-8H,1H3. The SMILES string of the molecule is COc1ccc2c(n1)sc1nc(-c3ccc([N+](=O)[O-])cc3)cn12. The lowest BCUT2D eigenvalue weighted by molar-refractivity contribution is -0.384. The third-order valence-corrected chi connectivity index (χ3v) is 4.48. The number of imidazole rings is 1. The molecule has 0 N–H and O–H groups in total. The average Bonchev–Trinajstić information content (AvgIpc) is 3.11. The number of nitro benzene ring substituents is 1. The summed E-state index contributed by atoms with van der Waals surface area (Å²) in [5.74, 6) is 0.567. The number of ether oxygens (including phenoxy) is 1. The molecule has 0 aliphatic carbocycles. The Kier molecular flexibility index (Phi) is 2.98. The quantitative estimate of drug-likeness (QED) is 0.425. The van der Waals surface area contributed by atoms with Crippen molar-refractivity contribution in [1.82, 2.24) is 14.4 Å². The van der Waals surface area contributed by atoms with Crippen LogP contribution in [-0.2, 0) is 0 Å². The fraction of sp³-hybridized carbons (Fsp3) is 0.0667. The number of thiazole rings is 1. The molecule has 7 nitrogen and oxygen atoms in total. The molecule has 3 heterocycles. The number of hydrogen-bond acceptors (Lipinski definition) is 6. The first kappa shape index (κ1) is 13.6. The molecule has 0 amide bonds. The molecule has 0 radical (unpaired) electrons. The summed E-state index contributed by atoms with van der Waals surface area (Å²) in [5.41, 5.74) is 2.62. The predicted octanol–water partition coefficient (Wildman–Crippen LogP) is 3.53. The minimum atomic E-state index is -0.415. The van der Waals surface area contributed by atoms with E-state index in [0.717, 1.165) is 26.6 Å². The van der Waals surface area contributed by atoms with Crippen molar-refractivity contribution in [2.75, 3.05) is 7.11 Å². The van der Waals surface area contributed by atoms with Gasteiger partial charge >= 0.3 is 0 Å². The largest absolute Gasteiger partial charge is 0.481 e. The molecule has 3 aromatic heterocycles. The van der Waals surface area contributed by atoms with Crippen LogP contribution in [0.25, 0.3) is 26.6 Å². The lowest BCUT2D eigenvalue weighted by Gasteiger charge is -1.97. The van der Waals surface area contributed by atoms with Gasteiger partial charge < -0.3 is 4.74 Å². The van der Waals surface area contributed by atoms with E-state index in [0.29, 0.717) is 5.88 Å². The maximum Gasteiger partial charge on any atom is 0.269 e. The van der Waals surface area contributed by atoms with Gasteiger partial charge in [0.2, 0.25) is 5.88 Å². The minimum absolute atomic E-state index is 0.0662. The van der Waals surface area contributed by atoms with E-state index >= 15 is 0 Å². The molecule has 0 saturated carbocycles. The van der Waals surface area contributed by atoms with E-state index in [1.54, 1.807) is 25.3 Å². The number of pyridine rings is 1. The van der Waals surface area contributed by atoms with Crippen molar-refractivity contribution in [3.63, 3.8) is 0 Å². The minimum Gasteiger partial charge on any atom is -0.481 e. The molecule has 0 fully saturated rings. The van der Waals surface area contributed by atoms with E-state index in [4.69, 9.17) is 4.74 Å². The first-order chi connectivity index (χ1) is 11.2. The van der Waals surface area contributed by atoms with Crippen LogP contribution in [0.15, 0.2) is 42.6 Å². The second kappa shape index (κ2) is 5.03. The molecule has 114 valence electrons. The number of fused-ring (bicyclic) bond motifs is 3. The van der Waals surface area contributed by atoms with Gasteiger partial charge in [-0.15, -0.1) is 0 Å². The number of non-ortho nitro benzene ring substituents is 1. The summed E-state index contributed by atoms with van der Waals surface area (Å²) in [4.78, 5) is 20.9. The van der Waals surface area contributed by atoms with Crippen molar-refractivity contribution in [2.45, 2.75) is 0 Å². The van der Waals surface area contributed by atoms with Crippen molar-refractivity contribution in [1.29, 1.82) is 0 Å². The van der Waals surface area contributed by atoms with Crippen LogP contribution >= 0.6 is 11.3 Å². The van der Waals surface area contributed by atoms with Gasteiger partial charge in [-0.3, -0.25) is 14.5 Å². The Morgan fingerprint density at radius 2 is 1.96 bits per heavy atom. The number of nitrogens with zero attached hydrogens (tertiary/aromatic N) is 4. The molecule has 0 bridgehead atoms. The smallest absolute Gasteiger partial charge is 0.269 e. The summed E-state index contributed by atoms with van der Waals surface area (Å²) in [7, 11) is 1.58. The second-order valence-electron chi connectivity index (χ2n) is 4.86. The van der Waals surface area contributed by atoms with Crippen molar-refractivity contribution in [3.05, 3.63) is 52.7 Å². The number of benzene rings is 1. The van der Waals surface area contributed by atoms with E-state index in [1.165, 1.54) is 23.5 Å². The highest BCUT2D eigenvalue weighted by molar-refractivity contribution is 7.23. The number of hydrogen-bond donors (Lipinski definition) is 0. The van der Waals surface area contributed by atoms with Crippen LogP contribution in [0.1, 0.15) is 0 Å². The van der Waals surface area contributed by atoms with Gasteiger partial charge in [0, 0.05) is 30.0 Å². The lowest BCUT2D eigenvalue weighted by atomic mass is 10.1. The molecular weight excluding hydrogens is 316 g/mol. The third-order valence-electron chi connectivity index (χ3n) is 3.52. The van der Waals surface area contributed by atoms with E-state index < -0.39 is 4.92 Å². The Labute approximate surface area is 133 Å². The van der Waals surface area contributed by atoms with Gasteiger partial charge in [-0.1, -0.05) is 11.3 Å². The van der Waals surface area contributed by atoms with Crippen molar-refractivity contribution in [3.8, 4) is 17.1 Å². The van der Waals surface area contributed by atoms with Gasteiger partial charge in [0.15, 0.2) is 4.96 Å². The van der Waals surface area contributed by atoms with E-state index in [2.05, 4.69) is 9.97 Å². The van der Waals surface area contributed by atoms with Gasteiger partial charge in [0.05, 0.1) is 23.2 Å². The highest BCUT2D eigenvalue weighted by Crippen LogP contribution is 2.30. The Hall–Kier alpha value is -3.00. The van der Waals surface area contributed by atoms with Crippen LogP contribution in [0.2, 0.25) is 0 Å². The van der Waals surface area contributed by atoms with Crippen molar-refractivity contribution >= 4 is 32.3 Å².